The Kier molecular flexibility index (Phi) is 6.88. The van der Waals surface area contributed by atoms with Gasteiger partial charge >= 0.3 is 0 Å². The van der Waals surface area contributed by atoms with Crippen molar-refractivity contribution >= 4 is 33.6 Å². The summed E-state index contributed by atoms with van der Waals surface area (Å²) in [6.45, 7) is 0.946. The molecule has 2 aromatic carbocycles. The average Bonchev–Trinajstić information content (AvgIpc) is 3.27. The highest BCUT2D eigenvalue weighted by atomic mass is 32.2. The molecule has 0 radical (unpaired) electrons. The molecule has 3 rings (SSSR count). The zero-order valence-corrected chi connectivity index (χ0v) is 17.1. The van der Waals surface area contributed by atoms with Gasteiger partial charge in [0.2, 0.25) is 15.9 Å². The van der Waals surface area contributed by atoms with Gasteiger partial charge in [0.1, 0.15) is 5.82 Å². The Morgan fingerprint density at radius 2 is 1.72 bits per heavy atom. The van der Waals surface area contributed by atoms with E-state index in [1.54, 1.807) is 12.1 Å². The van der Waals surface area contributed by atoms with Crippen molar-refractivity contribution in [1.82, 2.24) is 15.2 Å². The fraction of sp³-hybridized carbons (Fsp3) is 0.263. The van der Waals surface area contributed by atoms with Crippen LogP contribution in [0.2, 0.25) is 0 Å². The molecule has 1 aliphatic rings. The number of carbonyl (C=O) groups excluding carboxylic acids is 2. The molecule has 0 unspecified atom stereocenters. The SMILES string of the molecule is O=C(CSc1ccc(F)cc1)NNC(=O)c1cccc(S(=O)(=O)N2CCCC2)c1. The summed E-state index contributed by atoms with van der Waals surface area (Å²) in [5.41, 5.74) is 4.68. The fourth-order valence-corrected chi connectivity index (χ4v) is 5.05. The van der Waals surface area contributed by atoms with Crippen LogP contribution in [0.1, 0.15) is 23.2 Å². The van der Waals surface area contributed by atoms with Crippen molar-refractivity contribution in [2.75, 3.05) is 18.8 Å². The summed E-state index contributed by atoms with van der Waals surface area (Å²) in [4.78, 5) is 24.9. The Bertz CT molecular complexity index is 991. The van der Waals surface area contributed by atoms with E-state index in [2.05, 4.69) is 10.9 Å². The van der Waals surface area contributed by atoms with E-state index in [9.17, 15) is 22.4 Å². The van der Waals surface area contributed by atoms with Crippen LogP contribution in [0.25, 0.3) is 0 Å². The third-order valence-corrected chi connectivity index (χ3v) is 7.20. The minimum Gasteiger partial charge on any atom is -0.272 e. The van der Waals surface area contributed by atoms with Gasteiger partial charge in [0.05, 0.1) is 10.6 Å². The van der Waals surface area contributed by atoms with Crippen LogP contribution in [0, 0.1) is 5.82 Å². The number of carbonyl (C=O) groups is 2. The first-order chi connectivity index (χ1) is 13.9. The van der Waals surface area contributed by atoms with Gasteiger partial charge in [-0.15, -0.1) is 11.8 Å². The Hall–Kier alpha value is -2.43. The lowest BCUT2D eigenvalue weighted by atomic mass is 10.2. The number of hydrogen-bond acceptors (Lipinski definition) is 5. The molecule has 154 valence electrons. The number of sulfonamides is 1. The molecule has 29 heavy (non-hydrogen) atoms. The van der Waals surface area contributed by atoms with E-state index in [1.807, 2.05) is 0 Å². The molecule has 1 fully saturated rings. The molecule has 7 nitrogen and oxygen atoms in total. The smallest absolute Gasteiger partial charge is 0.269 e. The van der Waals surface area contributed by atoms with Gasteiger partial charge in [-0.3, -0.25) is 20.4 Å². The van der Waals surface area contributed by atoms with Crippen LogP contribution in [0.15, 0.2) is 58.3 Å². The summed E-state index contributed by atoms with van der Waals surface area (Å²) in [7, 11) is -3.63. The third-order valence-electron chi connectivity index (χ3n) is 4.30. The fourth-order valence-electron chi connectivity index (χ4n) is 2.79. The molecular weight excluding hydrogens is 417 g/mol. The first-order valence-electron chi connectivity index (χ1n) is 8.94. The number of hydrogen-bond donors (Lipinski definition) is 2. The minimum absolute atomic E-state index is 0.0231. The zero-order valence-electron chi connectivity index (χ0n) is 15.4. The molecule has 2 amide bonds. The Balaban J connectivity index is 1.55. The quantitative estimate of drug-likeness (QED) is 0.533. The van der Waals surface area contributed by atoms with Crippen LogP contribution < -0.4 is 10.9 Å². The molecule has 1 saturated heterocycles. The normalized spacial score (nSPS) is 14.5. The summed E-state index contributed by atoms with van der Waals surface area (Å²) in [5, 5.41) is 0. The van der Waals surface area contributed by atoms with E-state index in [0.717, 1.165) is 12.8 Å². The summed E-state index contributed by atoms with van der Waals surface area (Å²) >= 11 is 1.19. The zero-order chi connectivity index (χ0) is 20.9. The molecule has 1 heterocycles. The van der Waals surface area contributed by atoms with Crippen LogP contribution in [0.5, 0.6) is 0 Å². The van der Waals surface area contributed by atoms with Gasteiger partial charge in [0.25, 0.3) is 5.91 Å². The lowest BCUT2D eigenvalue weighted by Gasteiger charge is -2.16. The predicted molar refractivity (Wildman–Crippen MR) is 107 cm³/mol. The number of benzene rings is 2. The van der Waals surface area contributed by atoms with Gasteiger partial charge in [-0.1, -0.05) is 6.07 Å². The van der Waals surface area contributed by atoms with E-state index >= 15 is 0 Å². The van der Waals surface area contributed by atoms with Crippen molar-refractivity contribution in [1.29, 1.82) is 0 Å². The summed E-state index contributed by atoms with van der Waals surface area (Å²) in [6.07, 6.45) is 1.64. The van der Waals surface area contributed by atoms with Crippen molar-refractivity contribution in [3.63, 3.8) is 0 Å². The molecule has 0 saturated carbocycles. The van der Waals surface area contributed by atoms with E-state index < -0.39 is 21.8 Å². The second-order valence-corrected chi connectivity index (χ2v) is 9.37. The standard InChI is InChI=1S/C19H20FN3O4S2/c20-15-6-8-16(9-7-15)28-13-18(24)21-22-19(25)14-4-3-5-17(12-14)29(26,27)23-10-1-2-11-23/h3-9,12H,1-2,10-11,13H2,(H,21,24)(H,22,25). The number of nitrogens with zero attached hydrogens (tertiary/aromatic N) is 1. The number of amides is 2. The van der Waals surface area contributed by atoms with Crippen LogP contribution in [0.3, 0.4) is 0 Å². The maximum Gasteiger partial charge on any atom is 0.269 e. The first kappa shape index (κ1) is 21.3. The summed E-state index contributed by atoms with van der Waals surface area (Å²) < 4.78 is 39.5. The lowest BCUT2D eigenvalue weighted by Crippen LogP contribution is -2.42. The topological polar surface area (TPSA) is 95.6 Å². The molecule has 0 atom stereocenters. The van der Waals surface area contributed by atoms with E-state index in [0.29, 0.717) is 18.0 Å². The molecule has 0 bridgehead atoms. The molecule has 2 N–H and O–H groups in total. The van der Waals surface area contributed by atoms with Crippen molar-refractivity contribution < 1.29 is 22.4 Å². The number of rotatable bonds is 6. The van der Waals surface area contributed by atoms with Crippen molar-refractivity contribution in [3.8, 4) is 0 Å². The van der Waals surface area contributed by atoms with Gasteiger partial charge in [-0.25, -0.2) is 12.8 Å². The highest BCUT2D eigenvalue weighted by molar-refractivity contribution is 8.00. The van der Waals surface area contributed by atoms with E-state index in [4.69, 9.17) is 0 Å². The second-order valence-electron chi connectivity index (χ2n) is 6.38. The van der Waals surface area contributed by atoms with Gasteiger partial charge in [0.15, 0.2) is 0 Å². The Morgan fingerprint density at radius 3 is 2.41 bits per heavy atom. The lowest BCUT2D eigenvalue weighted by molar-refractivity contribution is -0.119. The van der Waals surface area contributed by atoms with Gasteiger partial charge in [-0.2, -0.15) is 4.31 Å². The summed E-state index contributed by atoms with van der Waals surface area (Å²) in [6, 6.07) is 11.4. The van der Waals surface area contributed by atoms with Gasteiger partial charge in [0, 0.05) is 23.5 Å². The van der Waals surface area contributed by atoms with Crippen LogP contribution in [-0.4, -0.2) is 43.4 Å². The highest BCUT2D eigenvalue weighted by Crippen LogP contribution is 2.21. The molecule has 0 spiro atoms. The number of hydrazine groups is 1. The van der Waals surface area contributed by atoms with E-state index in [-0.39, 0.29) is 22.0 Å². The molecule has 10 heteroatoms. The first-order valence-corrected chi connectivity index (χ1v) is 11.4. The highest BCUT2D eigenvalue weighted by Gasteiger charge is 2.27. The van der Waals surface area contributed by atoms with E-state index in [1.165, 1.54) is 52.5 Å². The molecule has 2 aromatic rings. The number of nitrogens with one attached hydrogen (secondary N) is 2. The van der Waals surface area contributed by atoms with Crippen LogP contribution in [0.4, 0.5) is 4.39 Å². The number of thioether (sulfide) groups is 1. The molecule has 0 aromatic heterocycles. The maximum atomic E-state index is 12.9. The third kappa shape index (κ3) is 5.55. The Labute approximate surface area is 172 Å². The van der Waals surface area contributed by atoms with Gasteiger partial charge < -0.3 is 0 Å². The van der Waals surface area contributed by atoms with Crippen molar-refractivity contribution in [3.05, 3.63) is 59.9 Å². The molecular formula is C19H20FN3O4S2. The molecule has 0 aliphatic carbocycles. The van der Waals surface area contributed by atoms with Gasteiger partial charge in [-0.05, 0) is 55.3 Å². The van der Waals surface area contributed by atoms with Crippen molar-refractivity contribution in [2.45, 2.75) is 22.6 Å². The second kappa shape index (κ2) is 9.38. The predicted octanol–water partition coefficient (Wildman–Crippen LogP) is 2.16. The van der Waals surface area contributed by atoms with Crippen LogP contribution in [-0.2, 0) is 14.8 Å². The van der Waals surface area contributed by atoms with Crippen LogP contribution >= 0.6 is 11.8 Å². The molecule has 1 aliphatic heterocycles. The average molecular weight is 438 g/mol. The Morgan fingerprint density at radius 1 is 1.03 bits per heavy atom. The minimum atomic E-state index is -3.63. The van der Waals surface area contributed by atoms with Crippen molar-refractivity contribution in [2.24, 2.45) is 0 Å². The monoisotopic (exact) mass is 437 g/mol. The summed E-state index contributed by atoms with van der Waals surface area (Å²) in [5.74, 6) is -1.41. The largest absolute Gasteiger partial charge is 0.272 e. The number of halogens is 1. The maximum absolute atomic E-state index is 12.9.